The van der Waals surface area contributed by atoms with E-state index in [1.165, 1.54) is 0 Å². The molecule has 5 nitrogen and oxygen atoms in total. The van der Waals surface area contributed by atoms with Crippen LogP contribution in [0.2, 0.25) is 0 Å². The largest absolute Gasteiger partial charge is 0.478 e. The molecule has 1 N–H and O–H groups in total. The minimum Gasteiger partial charge on any atom is -0.478 e. The van der Waals surface area contributed by atoms with Crippen LogP contribution < -0.4 is 10.1 Å². The molecule has 2 rings (SSSR count). The fourth-order valence-electron chi connectivity index (χ4n) is 1.34. The minimum absolute atomic E-state index is 0.585. The Morgan fingerprint density at radius 2 is 2.29 bits per heavy atom. The zero-order valence-electron chi connectivity index (χ0n) is 9.80. The first-order valence-corrected chi connectivity index (χ1v) is 6.25. The summed E-state index contributed by atoms with van der Waals surface area (Å²) in [7, 11) is 0. The maximum atomic E-state index is 5.36. The summed E-state index contributed by atoms with van der Waals surface area (Å²) in [5.74, 6) is 1.19. The molecule has 0 bridgehead atoms. The van der Waals surface area contributed by atoms with E-state index >= 15 is 0 Å². The predicted octanol–water partition coefficient (Wildman–Crippen LogP) is 2.25. The number of nitrogens with one attached hydrogen (secondary N) is 1. The summed E-state index contributed by atoms with van der Waals surface area (Å²) in [4.78, 5) is 13.7. The zero-order valence-corrected chi connectivity index (χ0v) is 10.6. The van der Waals surface area contributed by atoms with Crippen LogP contribution in [-0.2, 0) is 6.54 Å². The standard InChI is InChI=1S/C11H14N4OS/c1-3-16-10-4-8(2)14-11(15-10)13-6-9-5-12-7-17-9/h4-5,7H,3,6H2,1-2H3,(H,13,14,15). The molecule has 2 aromatic heterocycles. The monoisotopic (exact) mass is 250 g/mol. The molecular weight excluding hydrogens is 236 g/mol. The molecule has 2 heterocycles. The van der Waals surface area contributed by atoms with E-state index in [-0.39, 0.29) is 0 Å². The van der Waals surface area contributed by atoms with E-state index < -0.39 is 0 Å². The number of anilines is 1. The van der Waals surface area contributed by atoms with Crippen LogP contribution in [0.3, 0.4) is 0 Å². The van der Waals surface area contributed by atoms with E-state index in [1.807, 2.05) is 26.1 Å². The van der Waals surface area contributed by atoms with Gasteiger partial charge in [0.25, 0.3) is 0 Å². The fourth-order valence-corrected chi connectivity index (χ4v) is 1.87. The summed E-state index contributed by atoms with van der Waals surface area (Å²) >= 11 is 1.60. The van der Waals surface area contributed by atoms with Gasteiger partial charge >= 0.3 is 0 Å². The third kappa shape index (κ3) is 3.39. The van der Waals surface area contributed by atoms with Gasteiger partial charge < -0.3 is 10.1 Å². The lowest BCUT2D eigenvalue weighted by Crippen LogP contribution is -2.05. The maximum absolute atomic E-state index is 5.36. The Morgan fingerprint density at radius 1 is 1.41 bits per heavy atom. The van der Waals surface area contributed by atoms with Gasteiger partial charge in [-0.3, -0.25) is 4.98 Å². The number of hydrogen-bond acceptors (Lipinski definition) is 6. The highest BCUT2D eigenvalue weighted by Crippen LogP contribution is 2.13. The first kappa shape index (κ1) is 11.8. The molecule has 0 fully saturated rings. The van der Waals surface area contributed by atoms with Crippen molar-refractivity contribution in [1.29, 1.82) is 0 Å². The summed E-state index contributed by atoms with van der Waals surface area (Å²) in [5, 5.41) is 3.15. The fraction of sp³-hybridized carbons (Fsp3) is 0.364. The van der Waals surface area contributed by atoms with E-state index in [0.29, 0.717) is 25.0 Å². The SMILES string of the molecule is CCOc1cc(C)nc(NCc2cncs2)n1. The Morgan fingerprint density at radius 3 is 3.00 bits per heavy atom. The third-order valence-corrected chi connectivity index (χ3v) is 2.81. The van der Waals surface area contributed by atoms with Crippen LogP contribution in [0, 0.1) is 6.92 Å². The molecule has 0 aliphatic heterocycles. The number of aryl methyl sites for hydroxylation is 1. The van der Waals surface area contributed by atoms with Crippen LogP contribution in [0.4, 0.5) is 5.95 Å². The lowest BCUT2D eigenvalue weighted by molar-refractivity contribution is 0.326. The second kappa shape index (κ2) is 5.58. The van der Waals surface area contributed by atoms with Crippen molar-refractivity contribution in [2.24, 2.45) is 0 Å². The lowest BCUT2D eigenvalue weighted by atomic mass is 10.4. The number of aromatic nitrogens is 3. The normalized spacial score (nSPS) is 10.2. The minimum atomic E-state index is 0.585. The number of hydrogen-bond donors (Lipinski definition) is 1. The Labute approximate surface area is 104 Å². The smallest absolute Gasteiger partial charge is 0.226 e. The van der Waals surface area contributed by atoms with Gasteiger partial charge in [-0.2, -0.15) is 4.98 Å². The van der Waals surface area contributed by atoms with Crippen molar-refractivity contribution in [3.05, 3.63) is 28.3 Å². The van der Waals surface area contributed by atoms with Crippen molar-refractivity contribution in [1.82, 2.24) is 15.0 Å². The van der Waals surface area contributed by atoms with Crippen molar-refractivity contribution in [3.8, 4) is 5.88 Å². The Hall–Kier alpha value is -1.69. The molecule has 0 radical (unpaired) electrons. The molecule has 0 amide bonds. The van der Waals surface area contributed by atoms with Gasteiger partial charge in [-0.15, -0.1) is 11.3 Å². The number of nitrogens with zero attached hydrogens (tertiary/aromatic N) is 3. The number of thiazole rings is 1. The topological polar surface area (TPSA) is 59.9 Å². The van der Waals surface area contributed by atoms with Gasteiger partial charge in [0.05, 0.1) is 18.7 Å². The summed E-state index contributed by atoms with van der Waals surface area (Å²) in [6.45, 7) is 5.13. The van der Waals surface area contributed by atoms with E-state index in [1.54, 1.807) is 16.8 Å². The van der Waals surface area contributed by atoms with E-state index in [4.69, 9.17) is 4.74 Å². The van der Waals surface area contributed by atoms with Gasteiger partial charge in [0.1, 0.15) is 0 Å². The molecule has 0 unspecified atom stereocenters. The van der Waals surface area contributed by atoms with Gasteiger partial charge in [-0.05, 0) is 13.8 Å². The molecule has 2 aromatic rings. The molecule has 0 saturated carbocycles. The molecule has 0 spiro atoms. The molecule has 0 aliphatic carbocycles. The zero-order chi connectivity index (χ0) is 12.1. The summed E-state index contributed by atoms with van der Waals surface area (Å²) < 4.78 is 5.36. The van der Waals surface area contributed by atoms with E-state index in [2.05, 4.69) is 20.3 Å². The quantitative estimate of drug-likeness (QED) is 0.882. The van der Waals surface area contributed by atoms with E-state index in [9.17, 15) is 0 Å². The predicted molar refractivity (Wildman–Crippen MR) is 67.4 cm³/mol. The molecular formula is C11H14N4OS. The second-order valence-electron chi connectivity index (χ2n) is 3.43. The highest BCUT2D eigenvalue weighted by atomic mass is 32.1. The Balaban J connectivity index is 2.04. The van der Waals surface area contributed by atoms with Crippen LogP contribution in [0.25, 0.3) is 0 Å². The average molecular weight is 250 g/mol. The van der Waals surface area contributed by atoms with Crippen molar-refractivity contribution >= 4 is 17.3 Å². The molecule has 0 aliphatic rings. The lowest BCUT2D eigenvalue weighted by Gasteiger charge is -2.07. The molecule has 0 atom stereocenters. The van der Waals surface area contributed by atoms with Gasteiger partial charge in [0, 0.05) is 22.8 Å². The van der Waals surface area contributed by atoms with Crippen molar-refractivity contribution in [2.75, 3.05) is 11.9 Å². The Kier molecular flexibility index (Phi) is 3.87. The number of rotatable bonds is 5. The van der Waals surface area contributed by atoms with Crippen LogP contribution in [0.15, 0.2) is 17.8 Å². The van der Waals surface area contributed by atoms with Crippen LogP contribution in [0.1, 0.15) is 17.5 Å². The first-order chi connectivity index (χ1) is 8.28. The highest BCUT2D eigenvalue weighted by Gasteiger charge is 2.03. The summed E-state index contributed by atoms with van der Waals surface area (Å²) in [6, 6.07) is 1.82. The van der Waals surface area contributed by atoms with Crippen LogP contribution >= 0.6 is 11.3 Å². The van der Waals surface area contributed by atoms with E-state index in [0.717, 1.165) is 10.6 Å². The van der Waals surface area contributed by atoms with Crippen molar-refractivity contribution in [2.45, 2.75) is 20.4 Å². The Bertz CT molecular complexity index is 472. The first-order valence-electron chi connectivity index (χ1n) is 5.37. The summed E-state index contributed by atoms with van der Waals surface area (Å²) in [6.07, 6.45) is 1.83. The maximum Gasteiger partial charge on any atom is 0.226 e. The molecule has 90 valence electrons. The average Bonchev–Trinajstić information content (AvgIpc) is 2.79. The summed E-state index contributed by atoms with van der Waals surface area (Å²) in [5.41, 5.74) is 2.69. The second-order valence-corrected chi connectivity index (χ2v) is 4.40. The van der Waals surface area contributed by atoms with Crippen molar-refractivity contribution < 1.29 is 4.74 Å². The van der Waals surface area contributed by atoms with Gasteiger partial charge in [-0.25, -0.2) is 4.98 Å². The molecule has 0 aromatic carbocycles. The molecule has 17 heavy (non-hydrogen) atoms. The van der Waals surface area contributed by atoms with Gasteiger partial charge in [0.15, 0.2) is 0 Å². The molecule has 6 heteroatoms. The highest BCUT2D eigenvalue weighted by molar-refractivity contribution is 7.09. The third-order valence-electron chi connectivity index (χ3n) is 2.03. The van der Waals surface area contributed by atoms with Crippen LogP contribution in [-0.4, -0.2) is 21.6 Å². The molecule has 0 saturated heterocycles. The van der Waals surface area contributed by atoms with Gasteiger partial charge in [-0.1, -0.05) is 0 Å². The number of ether oxygens (including phenoxy) is 1. The van der Waals surface area contributed by atoms with Gasteiger partial charge in [0.2, 0.25) is 11.8 Å². The van der Waals surface area contributed by atoms with Crippen molar-refractivity contribution in [3.63, 3.8) is 0 Å². The van der Waals surface area contributed by atoms with Crippen LogP contribution in [0.5, 0.6) is 5.88 Å².